The van der Waals surface area contributed by atoms with Crippen molar-refractivity contribution >= 4 is 43.5 Å². The minimum Gasteiger partial charge on any atom is -0.494 e. The van der Waals surface area contributed by atoms with E-state index in [1.54, 1.807) is 19.1 Å². The van der Waals surface area contributed by atoms with E-state index in [2.05, 4.69) is 21.1 Å². The average molecular weight is 479 g/mol. The molecule has 11 heteroatoms. The third kappa shape index (κ3) is 3.98. The Morgan fingerprint density at radius 3 is 2.48 bits per heavy atom. The minimum absolute atomic E-state index is 0.0185. The molecule has 0 aliphatic carbocycles. The fraction of sp³-hybridized carbons (Fsp3) is 0.375. The highest BCUT2D eigenvalue weighted by molar-refractivity contribution is 9.10. The highest BCUT2D eigenvalue weighted by Crippen LogP contribution is 2.37. The van der Waals surface area contributed by atoms with Gasteiger partial charge in [-0.2, -0.15) is 4.31 Å². The standard InChI is InChI=1S/C16H17BrClN3O5S/c1-10-7-13(26-19-10)16(22)20-3-5-21(6-4-20)27(23,24)14-9-11(18)8-12(17)15(14)25-2/h7-9H,3-6H2,1-2H3. The van der Waals surface area contributed by atoms with Crippen molar-refractivity contribution in [2.45, 2.75) is 11.8 Å². The van der Waals surface area contributed by atoms with E-state index in [-0.39, 0.29) is 53.5 Å². The Morgan fingerprint density at radius 2 is 1.93 bits per heavy atom. The van der Waals surface area contributed by atoms with Gasteiger partial charge in [0.1, 0.15) is 4.90 Å². The van der Waals surface area contributed by atoms with E-state index in [1.807, 2.05) is 0 Å². The molecule has 0 saturated carbocycles. The van der Waals surface area contributed by atoms with Gasteiger partial charge in [-0.05, 0) is 35.0 Å². The number of aromatic nitrogens is 1. The Balaban J connectivity index is 1.78. The first kappa shape index (κ1) is 20.1. The van der Waals surface area contributed by atoms with Gasteiger partial charge in [0.15, 0.2) is 5.75 Å². The van der Waals surface area contributed by atoms with Gasteiger partial charge in [-0.25, -0.2) is 8.42 Å². The summed E-state index contributed by atoms with van der Waals surface area (Å²) in [6.07, 6.45) is 0. The van der Waals surface area contributed by atoms with Crippen LogP contribution in [0.5, 0.6) is 5.75 Å². The predicted octanol–water partition coefficient (Wildman–Crippen LogP) is 2.55. The summed E-state index contributed by atoms with van der Waals surface area (Å²) in [5.41, 5.74) is 0.609. The number of piperazine rings is 1. The summed E-state index contributed by atoms with van der Waals surface area (Å²) in [7, 11) is -2.45. The Hall–Kier alpha value is -1.62. The summed E-state index contributed by atoms with van der Waals surface area (Å²) in [4.78, 5) is 13.9. The van der Waals surface area contributed by atoms with Crippen LogP contribution in [0.2, 0.25) is 5.02 Å². The molecule has 8 nitrogen and oxygen atoms in total. The lowest BCUT2D eigenvalue weighted by molar-refractivity contribution is 0.0656. The second-order valence-corrected chi connectivity index (χ2v) is 9.14. The van der Waals surface area contributed by atoms with Crippen molar-refractivity contribution in [3.05, 3.63) is 39.1 Å². The maximum atomic E-state index is 13.1. The zero-order valence-electron chi connectivity index (χ0n) is 14.6. The summed E-state index contributed by atoms with van der Waals surface area (Å²) in [5.74, 6) is 0.0232. The van der Waals surface area contributed by atoms with Gasteiger partial charge >= 0.3 is 0 Å². The van der Waals surface area contributed by atoms with Gasteiger partial charge in [-0.1, -0.05) is 16.8 Å². The number of rotatable bonds is 4. The summed E-state index contributed by atoms with van der Waals surface area (Å²) in [6.45, 7) is 2.49. The molecule has 0 spiro atoms. The lowest BCUT2D eigenvalue weighted by Crippen LogP contribution is -2.50. The smallest absolute Gasteiger partial charge is 0.292 e. The third-order valence-electron chi connectivity index (χ3n) is 4.16. The number of sulfonamides is 1. The first-order chi connectivity index (χ1) is 12.7. The van der Waals surface area contributed by atoms with Crippen LogP contribution in [0.15, 0.2) is 32.1 Å². The quantitative estimate of drug-likeness (QED) is 0.670. The third-order valence-corrected chi connectivity index (χ3v) is 6.87. The molecule has 1 aromatic heterocycles. The monoisotopic (exact) mass is 477 g/mol. The number of amides is 1. The van der Waals surface area contributed by atoms with Crippen molar-refractivity contribution in [3.8, 4) is 5.75 Å². The summed E-state index contributed by atoms with van der Waals surface area (Å²) < 4.78 is 38.1. The molecule has 27 heavy (non-hydrogen) atoms. The summed E-state index contributed by atoms with van der Waals surface area (Å²) in [6, 6.07) is 4.48. The molecule has 0 radical (unpaired) electrons. The fourth-order valence-electron chi connectivity index (χ4n) is 2.82. The number of ether oxygens (including phenoxy) is 1. The van der Waals surface area contributed by atoms with Crippen LogP contribution in [0.1, 0.15) is 16.2 Å². The highest BCUT2D eigenvalue weighted by atomic mass is 79.9. The number of methoxy groups -OCH3 is 1. The fourth-order valence-corrected chi connectivity index (χ4v) is 5.61. The van der Waals surface area contributed by atoms with Gasteiger partial charge in [0.2, 0.25) is 15.8 Å². The largest absolute Gasteiger partial charge is 0.494 e. The van der Waals surface area contributed by atoms with Gasteiger partial charge < -0.3 is 14.2 Å². The van der Waals surface area contributed by atoms with E-state index in [4.69, 9.17) is 20.9 Å². The number of halogens is 2. The minimum atomic E-state index is -3.84. The number of nitrogens with zero attached hydrogens (tertiary/aromatic N) is 3. The summed E-state index contributed by atoms with van der Waals surface area (Å²) >= 11 is 9.29. The van der Waals surface area contributed by atoms with Crippen LogP contribution in [0.25, 0.3) is 0 Å². The Labute approximate surface area is 170 Å². The van der Waals surface area contributed by atoms with Crippen LogP contribution in [0, 0.1) is 6.92 Å². The van der Waals surface area contributed by atoms with Crippen molar-refractivity contribution in [2.75, 3.05) is 33.3 Å². The van der Waals surface area contributed by atoms with Crippen molar-refractivity contribution in [1.82, 2.24) is 14.4 Å². The Kier molecular flexibility index (Phi) is 5.80. The van der Waals surface area contributed by atoms with Crippen LogP contribution >= 0.6 is 27.5 Å². The predicted molar refractivity (Wildman–Crippen MR) is 102 cm³/mol. The number of carbonyl (C=O) groups is 1. The van der Waals surface area contributed by atoms with Crippen molar-refractivity contribution in [3.63, 3.8) is 0 Å². The second kappa shape index (κ2) is 7.78. The molecule has 3 rings (SSSR count). The Morgan fingerprint density at radius 1 is 1.26 bits per heavy atom. The average Bonchev–Trinajstić information content (AvgIpc) is 3.07. The number of aryl methyl sites for hydroxylation is 1. The molecule has 0 N–H and O–H groups in total. The molecule has 0 bridgehead atoms. The van der Waals surface area contributed by atoms with Gasteiger partial charge in [0.25, 0.3) is 5.91 Å². The van der Waals surface area contributed by atoms with E-state index in [9.17, 15) is 13.2 Å². The first-order valence-electron chi connectivity index (χ1n) is 8.00. The molecule has 0 atom stereocenters. The van der Waals surface area contributed by atoms with E-state index in [0.717, 1.165) is 0 Å². The molecule has 0 unspecified atom stereocenters. The van der Waals surface area contributed by atoms with Crippen LogP contribution < -0.4 is 4.74 Å². The van der Waals surface area contributed by atoms with Crippen LogP contribution in [-0.2, 0) is 10.0 Å². The van der Waals surface area contributed by atoms with Gasteiger partial charge in [0.05, 0.1) is 17.3 Å². The van der Waals surface area contributed by atoms with Gasteiger partial charge in [-0.3, -0.25) is 4.79 Å². The van der Waals surface area contributed by atoms with Gasteiger partial charge in [0, 0.05) is 37.3 Å². The van der Waals surface area contributed by atoms with E-state index >= 15 is 0 Å². The molecule has 2 heterocycles. The normalized spacial score (nSPS) is 15.8. The SMILES string of the molecule is COc1c(Br)cc(Cl)cc1S(=O)(=O)N1CCN(C(=O)c2cc(C)no2)CC1. The maximum absolute atomic E-state index is 13.1. The van der Waals surface area contributed by atoms with E-state index in [0.29, 0.717) is 10.2 Å². The topological polar surface area (TPSA) is 93.0 Å². The summed E-state index contributed by atoms with van der Waals surface area (Å²) in [5, 5.41) is 3.98. The van der Waals surface area contributed by atoms with Crippen LogP contribution in [-0.4, -0.2) is 62.0 Å². The molecule has 1 amide bonds. The lowest BCUT2D eigenvalue weighted by atomic mass is 10.3. The molecule has 2 aromatic rings. The molecule has 1 aromatic carbocycles. The molecule has 1 fully saturated rings. The van der Waals surface area contributed by atoms with Crippen LogP contribution in [0.4, 0.5) is 0 Å². The molecule has 1 saturated heterocycles. The van der Waals surface area contributed by atoms with E-state index in [1.165, 1.54) is 22.4 Å². The number of hydrogen-bond acceptors (Lipinski definition) is 6. The zero-order chi connectivity index (χ0) is 19.8. The highest BCUT2D eigenvalue weighted by Gasteiger charge is 2.34. The lowest BCUT2D eigenvalue weighted by Gasteiger charge is -2.33. The number of carbonyl (C=O) groups excluding carboxylic acids is 1. The molecule has 146 valence electrons. The number of hydrogen-bond donors (Lipinski definition) is 0. The van der Waals surface area contributed by atoms with Crippen LogP contribution in [0.3, 0.4) is 0 Å². The second-order valence-electron chi connectivity index (χ2n) is 5.95. The molecule has 1 aliphatic rings. The van der Waals surface area contributed by atoms with Crippen molar-refractivity contribution in [2.24, 2.45) is 0 Å². The molecule has 1 aliphatic heterocycles. The van der Waals surface area contributed by atoms with Gasteiger partial charge in [-0.15, -0.1) is 0 Å². The van der Waals surface area contributed by atoms with E-state index < -0.39 is 10.0 Å². The number of benzene rings is 1. The molecular weight excluding hydrogens is 462 g/mol. The van der Waals surface area contributed by atoms with Crippen molar-refractivity contribution in [1.29, 1.82) is 0 Å². The molecular formula is C16H17BrClN3O5S. The van der Waals surface area contributed by atoms with Crippen molar-refractivity contribution < 1.29 is 22.5 Å². The first-order valence-corrected chi connectivity index (χ1v) is 10.6. The maximum Gasteiger partial charge on any atom is 0.292 e. The zero-order valence-corrected chi connectivity index (χ0v) is 17.8. The Bertz CT molecular complexity index is 970.